The van der Waals surface area contributed by atoms with Crippen LogP contribution < -0.4 is 5.32 Å². The predicted molar refractivity (Wildman–Crippen MR) is 93.6 cm³/mol. The Morgan fingerprint density at radius 3 is 2.78 bits per heavy atom. The summed E-state index contributed by atoms with van der Waals surface area (Å²) in [6.45, 7) is 2.87. The zero-order chi connectivity index (χ0) is 16.0. The lowest BCUT2D eigenvalue weighted by atomic mass is 9.65. The smallest absolute Gasteiger partial charge is 0.253 e. The van der Waals surface area contributed by atoms with Gasteiger partial charge in [-0.1, -0.05) is 23.3 Å². The van der Waals surface area contributed by atoms with Crippen molar-refractivity contribution in [3.8, 4) is 0 Å². The van der Waals surface area contributed by atoms with E-state index in [0.29, 0.717) is 5.41 Å². The van der Waals surface area contributed by atoms with E-state index in [2.05, 4.69) is 36.5 Å². The lowest BCUT2D eigenvalue weighted by Crippen LogP contribution is -2.40. The number of nitrogens with one attached hydrogen (secondary N) is 1. The fourth-order valence-corrected chi connectivity index (χ4v) is 4.17. The normalized spacial score (nSPS) is 19.0. The molecule has 23 heavy (non-hydrogen) atoms. The standard InChI is InChI=1S/C20H24N2O/c1-14-3-4-18-16(11-14)17(12-22(18)2)19(23)21-13-20-8-5-15(6-9-20)7-10-20/h3-5,11-12H,6-10,13H2,1-2H3,(H,21,23). The summed E-state index contributed by atoms with van der Waals surface area (Å²) in [7, 11) is 2.00. The van der Waals surface area contributed by atoms with Crippen LogP contribution in [0.5, 0.6) is 0 Å². The average molecular weight is 308 g/mol. The number of rotatable bonds is 3. The van der Waals surface area contributed by atoms with Crippen LogP contribution in [-0.4, -0.2) is 17.0 Å². The first-order valence-electron chi connectivity index (χ1n) is 8.58. The Morgan fingerprint density at radius 1 is 1.30 bits per heavy atom. The van der Waals surface area contributed by atoms with Gasteiger partial charge in [0.25, 0.3) is 5.91 Å². The Kier molecular flexibility index (Phi) is 3.33. The van der Waals surface area contributed by atoms with E-state index >= 15 is 0 Å². The average Bonchev–Trinajstić information content (AvgIpc) is 2.91. The SMILES string of the molecule is Cc1ccc2c(c1)c(C(=O)NCC13CC=C(CC1)CC3)cn2C. The van der Waals surface area contributed by atoms with E-state index in [9.17, 15) is 4.79 Å². The number of hydrogen-bond acceptors (Lipinski definition) is 1. The van der Waals surface area contributed by atoms with E-state index in [1.165, 1.54) is 31.2 Å². The van der Waals surface area contributed by atoms with Crippen molar-refractivity contribution in [2.24, 2.45) is 12.5 Å². The molecule has 0 spiro atoms. The van der Waals surface area contributed by atoms with Gasteiger partial charge in [-0.2, -0.15) is 0 Å². The Morgan fingerprint density at radius 2 is 2.09 bits per heavy atom. The van der Waals surface area contributed by atoms with Crippen molar-refractivity contribution < 1.29 is 4.79 Å². The number of allylic oxidation sites excluding steroid dienone is 2. The number of hydrogen-bond donors (Lipinski definition) is 1. The largest absolute Gasteiger partial charge is 0.351 e. The lowest BCUT2D eigenvalue weighted by Gasteiger charge is -2.42. The number of fused-ring (bicyclic) bond motifs is 4. The monoisotopic (exact) mass is 308 g/mol. The molecule has 0 aliphatic heterocycles. The molecule has 120 valence electrons. The molecule has 1 aromatic heterocycles. The van der Waals surface area contributed by atoms with Gasteiger partial charge in [0.15, 0.2) is 0 Å². The quantitative estimate of drug-likeness (QED) is 0.851. The van der Waals surface area contributed by atoms with Crippen molar-refractivity contribution in [2.45, 2.75) is 39.0 Å². The molecular formula is C20H24N2O. The van der Waals surface area contributed by atoms with Crippen molar-refractivity contribution in [3.05, 3.63) is 47.2 Å². The van der Waals surface area contributed by atoms with Gasteiger partial charge in [0.1, 0.15) is 0 Å². The number of aryl methyl sites for hydroxylation is 2. The Hall–Kier alpha value is -2.03. The van der Waals surface area contributed by atoms with Gasteiger partial charge in [0, 0.05) is 30.7 Å². The summed E-state index contributed by atoms with van der Waals surface area (Å²) >= 11 is 0. The van der Waals surface area contributed by atoms with Gasteiger partial charge in [0.2, 0.25) is 0 Å². The molecule has 0 atom stereocenters. The minimum absolute atomic E-state index is 0.0657. The van der Waals surface area contributed by atoms with Crippen LogP contribution in [0.25, 0.3) is 10.9 Å². The highest BCUT2D eigenvalue weighted by Crippen LogP contribution is 2.46. The van der Waals surface area contributed by atoms with Crippen LogP contribution in [0.4, 0.5) is 0 Å². The van der Waals surface area contributed by atoms with E-state index in [1.807, 2.05) is 17.8 Å². The van der Waals surface area contributed by atoms with Crippen LogP contribution in [0, 0.1) is 12.3 Å². The zero-order valence-electron chi connectivity index (χ0n) is 14.0. The topological polar surface area (TPSA) is 34.0 Å². The van der Waals surface area contributed by atoms with Crippen molar-refractivity contribution >= 4 is 16.8 Å². The molecule has 3 heteroatoms. The van der Waals surface area contributed by atoms with Crippen LogP contribution >= 0.6 is 0 Å². The van der Waals surface area contributed by atoms with Gasteiger partial charge in [-0.05, 0) is 56.6 Å². The van der Waals surface area contributed by atoms with Crippen molar-refractivity contribution in [2.75, 3.05) is 6.54 Å². The number of aromatic nitrogens is 1. The third-order valence-electron chi connectivity index (χ3n) is 5.79. The van der Waals surface area contributed by atoms with Gasteiger partial charge in [-0.25, -0.2) is 0 Å². The van der Waals surface area contributed by atoms with Crippen LogP contribution in [0.1, 0.15) is 48.0 Å². The number of carbonyl (C=O) groups excluding carboxylic acids is 1. The highest BCUT2D eigenvalue weighted by atomic mass is 16.1. The second-order valence-electron chi connectivity index (χ2n) is 7.42. The summed E-state index contributed by atoms with van der Waals surface area (Å²) in [6.07, 6.45) is 10.4. The minimum Gasteiger partial charge on any atom is -0.351 e. The first kappa shape index (κ1) is 14.6. The van der Waals surface area contributed by atoms with Gasteiger partial charge < -0.3 is 9.88 Å². The lowest BCUT2D eigenvalue weighted by molar-refractivity contribution is 0.0913. The van der Waals surface area contributed by atoms with Gasteiger partial charge in [0.05, 0.1) is 5.56 Å². The first-order chi connectivity index (χ1) is 11.1. The molecule has 1 heterocycles. The fourth-order valence-electron chi connectivity index (χ4n) is 4.17. The second-order valence-corrected chi connectivity index (χ2v) is 7.42. The number of amides is 1. The summed E-state index contributed by atoms with van der Waals surface area (Å²) in [4.78, 5) is 12.8. The molecule has 3 aliphatic carbocycles. The van der Waals surface area contributed by atoms with Crippen molar-refractivity contribution in [3.63, 3.8) is 0 Å². The fraction of sp³-hybridized carbons (Fsp3) is 0.450. The zero-order valence-corrected chi connectivity index (χ0v) is 14.0. The molecule has 1 fully saturated rings. The number of nitrogens with zero attached hydrogens (tertiary/aromatic N) is 1. The molecule has 0 unspecified atom stereocenters. The van der Waals surface area contributed by atoms with Gasteiger partial charge >= 0.3 is 0 Å². The van der Waals surface area contributed by atoms with Crippen LogP contribution in [0.3, 0.4) is 0 Å². The van der Waals surface area contributed by atoms with Crippen LogP contribution in [-0.2, 0) is 7.05 Å². The Labute approximate surface area is 137 Å². The summed E-state index contributed by atoms with van der Waals surface area (Å²) < 4.78 is 2.04. The Balaban J connectivity index is 1.56. The molecule has 1 aromatic carbocycles. The second kappa shape index (κ2) is 5.26. The van der Waals surface area contributed by atoms with Gasteiger partial charge in [-0.3, -0.25) is 4.79 Å². The van der Waals surface area contributed by atoms with Gasteiger partial charge in [-0.15, -0.1) is 0 Å². The van der Waals surface area contributed by atoms with Crippen LogP contribution in [0.2, 0.25) is 0 Å². The molecule has 2 bridgehead atoms. The highest BCUT2D eigenvalue weighted by Gasteiger charge is 2.36. The molecule has 5 rings (SSSR count). The van der Waals surface area contributed by atoms with Crippen LogP contribution in [0.15, 0.2) is 36.0 Å². The summed E-state index contributed by atoms with van der Waals surface area (Å²) in [5.41, 5.74) is 5.03. The predicted octanol–water partition coefficient (Wildman–Crippen LogP) is 4.11. The molecule has 1 N–H and O–H groups in total. The first-order valence-corrected chi connectivity index (χ1v) is 8.58. The summed E-state index contributed by atoms with van der Waals surface area (Å²) in [5, 5.41) is 4.28. The third kappa shape index (κ3) is 2.48. The Bertz CT molecular complexity index is 802. The maximum absolute atomic E-state index is 12.8. The van der Waals surface area contributed by atoms with E-state index in [1.54, 1.807) is 5.57 Å². The van der Waals surface area contributed by atoms with E-state index in [-0.39, 0.29) is 5.91 Å². The van der Waals surface area contributed by atoms with E-state index in [0.717, 1.165) is 29.4 Å². The molecule has 3 nitrogen and oxygen atoms in total. The van der Waals surface area contributed by atoms with E-state index < -0.39 is 0 Å². The summed E-state index contributed by atoms with van der Waals surface area (Å²) in [5.74, 6) is 0.0657. The molecule has 3 aliphatic rings. The minimum atomic E-state index is 0.0657. The van der Waals surface area contributed by atoms with E-state index in [4.69, 9.17) is 0 Å². The van der Waals surface area contributed by atoms with Crippen molar-refractivity contribution in [1.29, 1.82) is 0 Å². The number of carbonyl (C=O) groups is 1. The third-order valence-corrected chi connectivity index (χ3v) is 5.79. The number of benzene rings is 1. The molecule has 1 saturated carbocycles. The summed E-state index contributed by atoms with van der Waals surface area (Å²) in [6, 6.07) is 6.30. The molecule has 1 amide bonds. The molecule has 2 aromatic rings. The van der Waals surface area contributed by atoms with Crippen molar-refractivity contribution in [1.82, 2.24) is 9.88 Å². The highest BCUT2D eigenvalue weighted by molar-refractivity contribution is 6.07. The molecule has 0 radical (unpaired) electrons. The maximum Gasteiger partial charge on any atom is 0.253 e. The molecule has 0 saturated heterocycles. The molecular weight excluding hydrogens is 284 g/mol. The maximum atomic E-state index is 12.8.